The second kappa shape index (κ2) is 8.48. The molecule has 30 heavy (non-hydrogen) atoms. The van der Waals surface area contributed by atoms with Gasteiger partial charge in [0.05, 0.1) is 4.90 Å². The molecule has 0 spiro atoms. The molecule has 4 aromatic carbocycles. The number of benzene rings is 4. The fraction of sp³-hybridized carbons (Fsp3) is 0.0400. The lowest BCUT2D eigenvalue weighted by Crippen LogP contribution is -2.14. The van der Waals surface area contributed by atoms with E-state index in [1.807, 2.05) is 91.9 Å². The lowest BCUT2D eigenvalue weighted by Gasteiger charge is -2.39. The molecular formula is C25H22O3S2. The van der Waals surface area contributed by atoms with E-state index in [0.29, 0.717) is 0 Å². The molecule has 0 unspecified atom stereocenters. The summed E-state index contributed by atoms with van der Waals surface area (Å²) in [7, 11) is -6.58. The highest BCUT2D eigenvalue weighted by atomic mass is 32.3. The number of rotatable bonds is 6. The van der Waals surface area contributed by atoms with E-state index >= 15 is 0 Å². The zero-order valence-electron chi connectivity index (χ0n) is 16.5. The second-order valence-electron chi connectivity index (χ2n) is 6.83. The van der Waals surface area contributed by atoms with Crippen molar-refractivity contribution in [2.75, 3.05) is 0 Å². The van der Waals surface area contributed by atoms with Gasteiger partial charge in [0.25, 0.3) is 0 Å². The van der Waals surface area contributed by atoms with Gasteiger partial charge in [-0.2, -0.15) is 8.42 Å². The van der Waals surface area contributed by atoms with Crippen molar-refractivity contribution < 1.29 is 12.0 Å². The Balaban J connectivity index is 2.01. The number of hydrogen-bond donors (Lipinski definition) is 0. The highest BCUT2D eigenvalue weighted by Gasteiger charge is 2.38. The topological polar surface area (TPSA) is 43.4 Å². The Morgan fingerprint density at radius 3 is 1.30 bits per heavy atom. The standard InChI is InChI=1S/C25H22O3S2/c1-21-17-19-24(20-18-21)29(22-11-5-2-6-12-22,23-13-7-3-8-14-23)28-30(26,27)25-15-9-4-10-16-25/h2-20H,1H3. The van der Waals surface area contributed by atoms with Gasteiger partial charge in [-0.3, -0.25) is 0 Å². The Kier molecular flexibility index (Phi) is 5.77. The van der Waals surface area contributed by atoms with Gasteiger partial charge < -0.3 is 0 Å². The van der Waals surface area contributed by atoms with Crippen molar-refractivity contribution >= 4 is 20.4 Å². The minimum Gasteiger partial charge on any atom is -0.203 e. The fourth-order valence-electron chi connectivity index (χ4n) is 3.24. The van der Waals surface area contributed by atoms with Crippen LogP contribution in [0.3, 0.4) is 0 Å². The first-order chi connectivity index (χ1) is 14.5. The predicted octanol–water partition coefficient (Wildman–Crippen LogP) is 6.60. The molecule has 0 amide bonds. The van der Waals surface area contributed by atoms with Gasteiger partial charge in [-0.15, -0.1) is 0 Å². The average molecular weight is 435 g/mol. The van der Waals surface area contributed by atoms with E-state index in [2.05, 4.69) is 0 Å². The molecule has 0 aliphatic heterocycles. The second-order valence-corrected chi connectivity index (χ2v) is 11.3. The molecule has 0 heterocycles. The molecule has 0 radical (unpaired) electrons. The van der Waals surface area contributed by atoms with E-state index in [1.165, 1.54) is 0 Å². The molecule has 0 bridgehead atoms. The van der Waals surface area contributed by atoms with Crippen LogP contribution in [0.15, 0.2) is 135 Å². The average Bonchev–Trinajstić information content (AvgIpc) is 2.80. The summed E-state index contributed by atoms with van der Waals surface area (Å²) in [6.45, 7) is 2.01. The molecule has 4 rings (SSSR count). The molecule has 4 aromatic rings. The predicted molar refractivity (Wildman–Crippen MR) is 121 cm³/mol. The first-order valence-electron chi connectivity index (χ1n) is 9.54. The maximum atomic E-state index is 13.4. The monoisotopic (exact) mass is 434 g/mol. The Hall–Kier alpha value is -2.86. The van der Waals surface area contributed by atoms with Crippen molar-refractivity contribution in [3.63, 3.8) is 0 Å². The Morgan fingerprint density at radius 1 is 0.500 bits per heavy atom. The Labute approximate surface area is 179 Å². The molecule has 5 heteroatoms. The molecule has 0 atom stereocenters. The van der Waals surface area contributed by atoms with Gasteiger partial charge in [0.1, 0.15) is 0 Å². The Morgan fingerprint density at radius 2 is 0.867 bits per heavy atom. The largest absolute Gasteiger partial charge is 0.307 e. The SMILES string of the molecule is Cc1ccc(S(OS(=O)(=O)c2ccccc2)(c2ccccc2)c2ccccc2)cc1. The molecule has 0 saturated carbocycles. The van der Waals surface area contributed by atoms with E-state index in [9.17, 15) is 8.42 Å². The summed E-state index contributed by atoms with van der Waals surface area (Å²) >= 11 is 0. The molecule has 152 valence electrons. The third-order valence-electron chi connectivity index (χ3n) is 4.73. The first-order valence-corrected chi connectivity index (χ1v) is 12.5. The summed E-state index contributed by atoms with van der Waals surface area (Å²) in [5, 5.41) is 0. The van der Waals surface area contributed by atoms with Gasteiger partial charge in [-0.05, 0) is 65.8 Å². The molecular weight excluding hydrogens is 412 g/mol. The van der Waals surface area contributed by atoms with Crippen molar-refractivity contribution in [2.24, 2.45) is 0 Å². The quantitative estimate of drug-likeness (QED) is 0.343. The van der Waals surface area contributed by atoms with Crippen LogP contribution in [0.25, 0.3) is 0 Å². The number of aryl methyl sites for hydroxylation is 1. The smallest absolute Gasteiger partial charge is 0.203 e. The van der Waals surface area contributed by atoms with Crippen molar-refractivity contribution in [1.29, 1.82) is 0 Å². The summed E-state index contributed by atoms with van der Waals surface area (Å²) < 4.78 is 33.1. The van der Waals surface area contributed by atoms with Crippen LogP contribution in [0.5, 0.6) is 0 Å². The van der Waals surface area contributed by atoms with Gasteiger partial charge >= 0.3 is 10.1 Å². The van der Waals surface area contributed by atoms with Gasteiger partial charge in [0.15, 0.2) is 0 Å². The van der Waals surface area contributed by atoms with Crippen LogP contribution in [0, 0.1) is 6.92 Å². The lowest BCUT2D eigenvalue weighted by molar-refractivity contribution is 0.508. The van der Waals surface area contributed by atoms with Crippen molar-refractivity contribution in [3.8, 4) is 0 Å². The highest BCUT2D eigenvalue weighted by molar-refractivity contribution is 8.33. The van der Waals surface area contributed by atoms with Crippen LogP contribution in [0.1, 0.15) is 5.56 Å². The third-order valence-corrected chi connectivity index (χ3v) is 9.92. The van der Waals surface area contributed by atoms with Gasteiger partial charge in [0.2, 0.25) is 0 Å². The first kappa shape index (κ1) is 20.4. The maximum absolute atomic E-state index is 13.4. The van der Waals surface area contributed by atoms with E-state index in [0.717, 1.165) is 20.2 Å². The minimum atomic E-state index is -4.04. The molecule has 3 nitrogen and oxygen atoms in total. The molecule has 0 N–H and O–H groups in total. The molecule has 0 aliphatic rings. The summed E-state index contributed by atoms with van der Waals surface area (Å²) in [5.41, 5.74) is 1.10. The zero-order valence-corrected chi connectivity index (χ0v) is 18.1. The van der Waals surface area contributed by atoms with Gasteiger partial charge in [-0.25, -0.2) is 3.63 Å². The molecule has 0 fully saturated rings. The molecule has 0 aromatic heterocycles. The van der Waals surface area contributed by atoms with E-state index < -0.39 is 20.4 Å². The van der Waals surface area contributed by atoms with Crippen LogP contribution in [0.4, 0.5) is 0 Å². The van der Waals surface area contributed by atoms with Crippen LogP contribution >= 0.6 is 10.3 Å². The summed E-state index contributed by atoms with van der Waals surface area (Å²) in [6, 6.07) is 35.4. The van der Waals surface area contributed by atoms with Crippen LogP contribution in [0.2, 0.25) is 0 Å². The summed E-state index contributed by atoms with van der Waals surface area (Å²) in [6.07, 6.45) is 0. The van der Waals surface area contributed by atoms with Crippen molar-refractivity contribution in [1.82, 2.24) is 0 Å². The van der Waals surface area contributed by atoms with Gasteiger partial charge in [-0.1, -0.05) is 72.3 Å². The molecule has 0 aliphatic carbocycles. The summed E-state index contributed by atoms with van der Waals surface area (Å²) in [5.74, 6) is 0. The fourth-order valence-corrected chi connectivity index (χ4v) is 8.48. The van der Waals surface area contributed by atoms with Crippen LogP contribution < -0.4 is 0 Å². The van der Waals surface area contributed by atoms with Crippen LogP contribution in [-0.2, 0) is 13.7 Å². The lowest BCUT2D eigenvalue weighted by atomic mass is 10.2. The highest BCUT2D eigenvalue weighted by Crippen LogP contribution is 2.70. The maximum Gasteiger partial charge on any atom is 0.307 e. The van der Waals surface area contributed by atoms with Crippen molar-refractivity contribution in [2.45, 2.75) is 26.5 Å². The van der Waals surface area contributed by atoms with E-state index in [-0.39, 0.29) is 4.90 Å². The zero-order chi connectivity index (χ0) is 21.0. The Bertz CT molecular complexity index is 1170. The normalized spacial score (nSPS) is 12.4. The van der Waals surface area contributed by atoms with Crippen LogP contribution in [-0.4, -0.2) is 8.42 Å². The van der Waals surface area contributed by atoms with E-state index in [4.69, 9.17) is 3.63 Å². The third kappa shape index (κ3) is 3.92. The van der Waals surface area contributed by atoms with E-state index in [1.54, 1.807) is 30.3 Å². The van der Waals surface area contributed by atoms with Crippen molar-refractivity contribution in [3.05, 3.63) is 121 Å². The number of hydrogen-bond acceptors (Lipinski definition) is 3. The minimum absolute atomic E-state index is 0.140. The summed E-state index contributed by atoms with van der Waals surface area (Å²) in [4.78, 5) is 2.60. The molecule has 0 saturated heterocycles. The van der Waals surface area contributed by atoms with Gasteiger partial charge in [0, 0.05) is 14.7 Å².